The highest BCUT2D eigenvalue weighted by Crippen LogP contribution is 2.33. The van der Waals surface area contributed by atoms with Gasteiger partial charge in [-0.25, -0.2) is 13.1 Å². The van der Waals surface area contributed by atoms with Crippen molar-refractivity contribution in [3.8, 4) is 0 Å². The number of sulfonamides is 1. The molecule has 1 rings (SSSR count). The summed E-state index contributed by atoms with van der Waals surface area (Å²) in [5.41, 5.74) is 5.39. The molecule has 0 radical (unpaired) electrons. The molecule has 0 aromatic heterocycles. The molecule has 6 heteroatoms. The van der Waals surface area contributed by atoms with Crippen molar-refractivity contribution < 1.29 is 8.42 Å². The summed E-state index contributed by atoms with van der Waals surface area (Å²) in [4.78, 5) is 0. The van der Waals surface area contributed by atoms with E-state index in [1.807, 2.05) is 0 Å². The highest BCUT2D eigenvalue weighted by atomic mass is 35.5. The van der Waals surface area contributed by atoms with E-state index in [2.05, 4.69) is 18.2 Å². The first-order chi connectivity index (χ1) is 7.96. The minimum absolute atomic E-state index is 0. The smallest absolute Gasteiger partial charge is 0.212 e. The van der Waals surface area contributed by atoms with Crippen LogP contribution in [-0.4, -0.2) is 26.3 Å². The Morgan fingerprint density at radius 1 is 1.50 bits per heavy atom. The fourth-order valence-corrected chi connectivity index (χ4v) is 4.09. The van der Waals surface area contributed by atoms with Crippen LogP contribution in [0.15, 0.2) is 12.7 Å². The molecule has 4 nitrogen and oxygen atoms in total. The van der Waals surface area contributed by atoms with Crippen molar-refractivity contribution in [2.45, 2.75) is 44.6 Å². The number of rotatable bonds is 6. The van der Waals surface area contributed by atoms with Gasteiger partial charge < -0.3 is 5.73 Å². The van der Waals surface area contributed by atoms with Crippen LogP contribution in [0.1, 0.15) is 39.0 Å². The largest absolute Gasteiger partial charge is 0.329 e. The van der Waals surface area contributed by atoms with Gasteiger partial charge in [-0.2, -0.15) is 0 Å². The lowest BCUT2D eigenvalue weighted by Gasteiger charge is -2.42. The first kappa shape index (κ1) is 17.9. The third kappa shape index (κ3) is 4.53. The molecule has 0 heterocycles. The Bertz CT molecular complexity index is 359. The fourth-order valence-electron chi connectivity index (χ4n) is 2.51. The minimum Gasteiger partial charge on any atom is -0.329 e. The topological polar surface area (TPSA) is 72.2 Å². The summed E-state index contributed by atoms with van der Waals surface area (Å²) in [7, 11) is -3.25. The Balaban J connectivity index is 0.00000289. The molecule has 0 amide bonds. The van der Waals surface area contributed by atoms with E-state index in [1.54, 1.807) is 6.08 Å². The van der Waals surface area contributed by atoms with Crippen LogP contribution in [0.4, 0.5) is 0 Å². The van der Waals surface area contributed by atoms with Crippen molar-refractivity contribution in [1.29, 1.82) is 0 Å². The second-order valence-electron chi connectivity index (χ2n) is 5.01. The third-order valence-corrected chi connectivity index (χ3v) is 5.26. The maximum absolute atomic E-state index is 12.0. The minimum atomic E-state index is -3.25. The average Bonchev–Trinajstić information content (AvgIpc) is 2.29. The Kier molecular flexibility index (Phi) is 7.44. The SMILES string of the molecule is C=CCCS(=O)(=O)NC1(CN)CCCCC1C.Cl. The summed E-state index contributed by atoms with van der Waals surface area (Å²) in [6.07, 6.45) is 6.20. The summed E-state index contributed by atoms with van der Waals surface area (Å²) in [6.45, 7) is 6.01. The molecule has 108 valence electrons. The Morgan fingerprint density at radius 2 is 2.17 bits per heavy atom. The highest BCUT2D eigenvalue weighted by molar-refractivity contribution is 7.89. The molecule has 2 unspecified atom stereocenters. The molecular weight excluding hydrogens is 272 g/mol. The van der Waals surface area contributed by atoms with Crippen LogP contribution < -0.4 is 10.5 Å². The van der Waals surface area contributed by atoms with Gasteiger partial charge in [-0.1, -0.05) is 25.8 Å². The Morgan fingerprint density at radius 3 is 2.67 bits per heavy atom. The number of nitrogens with one attached hydrogen (secondary N) is 1. The van der Waals surface area contributed by atoms with Gasteiger partial charge in [0.1, 0.15) is 0 Å². The number of halogens is 1. The van der Waals surface area contributed by atoms with Gasteiger partial charge in [0.25, 0.3) is 0 Å². The molecule has 3 N–H and O–H groups in total. The Labute approximate surface area is 117 Å². The predicted octanol–water partition coefficient (Wildman–Crippen LogP) is 1.81. The number of nitrogens with two attached hydrogens (primary N) is 1. The molecule has 18 heavy (non-hydrogen) atoms. The summed E-state index contributed by atoms with van der Waals surface area (Å²) >= 11 is 0. The van der Waals surface area contributed by atoms with E-state index in [1.165, 1.54) is 0 Å². The van der Waals surface area contributed by atoms with Gasteiger partial charge in [0.2, 0.25) is 10.0 Å². The summed E-state index contributed by atoms with van der Waals surface area (Å²) in [5.74, 6) is 0.407. The lowest BCUT2D eigenvalue weighted by Crippen LogP contribution is -2.59. The van der Waals surface area contributed by atoms with Crippen LogP contribution in [0.2, 0.25) is 0 Å². The van der Waals surface area contributed by atoms with Gasteiger partial charge in [-0.05, 0) is 25.2 Å². The number of hydrogen-bond acceptors (Lipinski definition) is 3. The summed E-state index contributed by atoms with van der Waals surface area (Å²) in [6, 6.07) is 0. The lowest BCUT2D eigenvalue weighted by molar-refractivity contribution is 0.191. The molecule has 2 atom stereocenters. The first-order valence-electron chi connectivity index (χ1n) is 6.28. The summed E-state index contributed by atoms with van der Waals surface area (Å²) in [5, 5.41) is 0. The van der Waals surface area contributed by atoms with Crippen molar-refractivity contribution in [3.63, 3.8) is 0 Å². The standard InChI is InChI=1S/C12H24N2O2S.ClH/c1-3-4-9-17(15,16)14-12(10-13)8-6-5-7-11(12)2;/h3,11,14H,1,4-10,13H2,2H3;1H. The molecule has 0 aliphatic heterocycles. The Hall–Kier alpha value is -0.100. The number of allylic oxidation sites excluding steroid dienone is 1. The van der Waals surface area contributed by atoms with Crippen LogP contribution in [0.3, 0.4) is 0 Å². The van der Waals surface area contributed by atoms with E-state index < -0.39 is 15.6 Å². The van der Waals surface area contributed by atoms with Crippen LogP contribution in [0, 0.1) is 5.92 Å². The maximum atomic E-state index is 12.0. The highest BCUT2D eigenvalue weighted by Gasteiger charge is 2.39. The van der Waals surface area contributed by atoms with E-state index in [-0.39, 0.29) is 18.2 Å². The van der Waals surface area contributed by atoms with Gasteiger partial charge in [0.15, 0.2) is 0 Å². The predicted molar refractivity (Wildman–Crippen MR) is 78.4 cm³/mol. The van der Waals surface area contributed by atoms with E-state index in [0.717, 1.165) is 25.7 Å². The quantitative estimate of drug-likeness (QED) is 0.734. The average molecular weight is 297 g/mol. The second kappa shape index (κ2) is 7.48. The van der Waals surface area contributed by atoms with Crippen LogP contribution in [0.5, 0.6) is 0 Å². The maximum Gasteiger partial charge on any atom is 0.212 e. The van der Waals surface area contributed by atoms with E-state index in [9.17, 15) is 8.42 Å². The monoisotopic (exact) mass is 296 g/mol. The molecule has 0 saturated heterocycles. The normalized spacial score (nSPS) is 28.4. The van der Waals surface area contributed by atoms with Gasteiger partial charge in [0, 0.05) is 12.1 Å². The first-order valence-corrected chi connectivity index (χ1v) is 7.93. The zero-order valence-corrected chi connectivity index (χ0v) is 12.7. The molecule has 1 fully saturated rings. The van der Waals surface area contributed by atoms with Crippen molar-refractivity contribution in [2.75, 3.05) is 12.3 Å². The van der Waals surface area contributed by atoms with Crippen LogP contribution in [-0.2, 0) is 10.0 Å². The number of hydrogen-bond donors (Lipinski definition) is 2. The third-order valence-electron chi connectivity index (χ3n) is 3.77. The van der Waals surface area contributed by atoms with E-state index in [4.69, 9.17) is 5.73 Å². The fraction of sp³-hybridized carbons (Fsp3) is 0.833. The molecule has 0 spiro atoms. The molecular formula is C12H25ClN2O2S. The summed E-state index contributed by atoms with van der Waals surface area (Å²) < 4.78 is 26.7. The zero-order valence-electron chi connectivity index (χ0n) is 11.0. The molecule has 0 bridgehead atoms. The molecule has 1 aliphatic carbocycles. The van der Waals surface area contributed by atoms with E-state index >= 15 is 0 Å². The van der Waals surface area contributed by atoms with Crippen molar-refractivity contribution in [1.82, 2.24) is 4.72 Å². The van der Waals surface area contributed by atoms with E-state index in [0.29, 0.717) is 18.9 Å². The van der Waals surface area contributed by atoms with Crippen molar-refractivity contribution in [3.05, 3.63) is 12.7 Å². The zero-order chi connectivity index (χ0) is 12.9. The molecule has 1 aliphatic rings. The lowest BCUT2D eigenvalue weighted by atomic mass is 9.74. The molecule has 0 aromatic rings. The van der Waals surface area contributed by atoms with Crippen LogP contribution >= 0.6 is 12.4 Å². The van der Waals surface area contributed by atoms with Gasteiger partial charge in [-0.3, -0.25) is 0 Å². The van der Waals surface area contributed by atoms with Gasteiger partial charge >= 0.3 is 0 Å². The second-order valence-corrected chi connectivity index (χ2v) is 6.85. The van der Waals surface area contributed by atoms with Crippen molar-refractivity contribution in [2.24, 2.45) is 11.7 Å². The van der Waals surface area contributed by atoms with Crippen molar-refractivity contribution >= 4 is 22.4 Å². The molecule has 0 aromatic carbocycles. The van der Waals surface area contributed by atoms with Crippen LogP contribution in [0.25, 0.3) is 0 Å². The van der Waals surface area contributed by atoms with Gasteiger partial charge in [-0.15, -0.1) is 19.0 Å². The molecule has 1 saturated carbocycles. The van der Waals surface area contributed by atoms with Gasteiger partial charge in [0.05, 0.1) is 5.75 Å².